The molecule has 10 heteroatoms. The summed E-state index contributed by atoms with van der Waals surface area (Å²) in [6.07, 6.45) is 3.61. The number of aromatic nitrogens is 2. The number of nitrogens with two attached hydrogens (primary N) is 1. The normalized spacial score (nSPS) is 11.6. The fourth-order valence-corrected chi connectivity index (χ4v) is 3.74. The molecule has 6 N–H and O–H groups in total. The van der Waals surface area contributed by atoms with Crippen molar-refractivity contribution in [1.29, 1.82) is 0 Å². The van der Waals surface area contributed by atoms with E-state index in [-0.39, 0.29) is 30.9 Å². The molecule has 1 atom stereocenters. The van der Waals surface area contributed by atoms with Crippen molar-refractivity contribution in [3.8, 4) is 5.75 Å². The topological polar surface area (TPSA) is 160 Å². The second-order valence-corrected chi connectivity index (χ2v) is 8.13. The second kappa shape index (κ2) is 13.3. The maximum absolute atomic E-state index is 11.8. The fraction of sp³-hybridized carbons (Fsp3) is 0.500. The highest BCUT2D eigenvalue weighted by atomic mass is 16.5. The van der Waals surface area contributed by atoms with E-state index in [4.69, 9.17) is 15.6 Å². The molecule has 0 aliphatic carbocycles. The Hall–Kier alpha value is -3.40. The van der Waals surface area contributed by atoms with Gasteiger partial charge in [-0.2, -0.15) is 4.98 Å². The second-order valence-electron chi connectivity index (χ2n) is 8.13. The minimum atomic E-state index is -1.08. The zero-order valence-electron chi connectivity index (χ0n) is 20.1. The van der Waals surface area contributed by atoms with Crippen molar-refractivity contribution in [2.24, 2.45) is 0 Å². The number of rotatable bonds is 14. The highest BCUT2D eigenvalue weighted by Crippen LogP contribution is 2.28. The van der Waals surface area contributed by atoms with Crippen LogP contribution in [0.4, 0.5) is 11.8 Å². The first-order valence-electron chi connectivity index (χ1n) is 11.4. The van der Waals surface area contributed by atoms with Gasteiger partial charge in [0.2, 0.25) is 11.9 Å². The Labute approximate surface area is 200 Å². The summed E-state index contributed by atoms with van der Waals surface area (Å²) in [6.45, 7) is 3.67. The van der Waals surface area contributed by atoms with Gasteiger partial charge in [-0.25, -0.2) is 4.98 Å². The van der Waals surface area contributed by atoms with Crippen molar-refractivity contribution in [2.45, 2.75) is 58.4 Å². The molecule has 0 aliphatic heterocycles. The lowest BCUT2D eigenvalue weighted by Gasteiger charge is -2.21. The third kappa shape index (κ3) is 8.18. The van der Waals surface area contributed by atoms with Gasteiger partial charge >= 0.3 is 5.97 Å². The minimum absolute atomic E-state index is 0.0685. The van der Waals surface area contributed by atoms with Crippen molar-refractivity contribution < 1.29 is 24.5 Å². The summed E-state index contributed by atoms with van der Waals surface area (Å²) in [5.41, 5.74) is 9.40. The molecule has 1 aromatic carbocycles. The molecule has 186 valence electrons. The summed E-state index contributed by atoms with van der Waals surface area (Å²) in [5.74, 6) is 0.114. The average Bonchev–Trinajstić information content (AvgIpc) is 2.79. The first kappa shape index (κ1) is 26.8. The van der Waals surface area contributed by atoms with Crippen LogP contribution in [0.3, 0.4) is 0 Å². The number of aliphatic hydroxyl groups is 1. The Balaban J connectivity index is 2.22. The van der Waals surface area contributed by atoms with Gasteiger partial charge in [0, 0.05) is 36.7 Å². The number of carboxylic acid groups (broad SMARTS) is 1. The third-order valence-electron chi connectivity index (χ3n) is 5.48. The smallest absolute Gasteiger partial charge is 0.322 e. The zero-order chi connectivity index (χ0) is 25.1. The van der Waals surface area contributed by atoms with E-state index in [1.807, 2.05) is 25.1 Å². The Morgan fingerprint density at radius 2 is 2.00 bits per heavy atom. The predicted molar refractivity (Wildman–Crippen MR) is 130 cm³/mol. The Morgan fingerprint density at radius 1 is 1.24 bits per heavy atom. The van der Waals surface area contributed by atoms with E-state index in [1.165, 1.54) is 0 Å². The lowest BCUT2D eigenvalue weighted by atomic mass is 9.99. The summed E-state index contributed by atoms with van der Waals surface area (Å²) in [6, 6.07) is 5.82. The van der Waals surface area contributed by atoms with Gasteiger partial charge in [0.25, 0.3) is 0 Å². The zero-order valence-corrected chi connectivity index (χ0v) is 20.1. The Kier molecular flexibility index (Phi) is 10.5. The van der Waals surface area contributed by atoms with Crippen molar-refractivity contribution >= 4 is 23.6 Å². The molecular formula is C24H35N5O5. The largest absolute Gasteiger partial charge is 0.496 e. The van der Waals surface area contributed by atoms with Crippen LogP contribution in [0.1, 0.15) is 55.0 Å². The number of hydrogen-bond acceptors (Lipinski definition) is 8. The molecular weight excluding hydrogens is 438 g/mol. The first-order valence-corrected chi connectivity index (χ1v) is 11.4. The van der Waals surface area contributed by atoms with Crippen LogP contribution < -0.4 is 21.1 Å². The molecule has 1 amide bonds. The van der Waals surface area contributed by atoms with Crippen LogP contribution >= 0.6 is 0 Å². The maximum atomic E-state index is 11.8. The average molecular weight is 474 g/mol. The number of ether oxygens (including phenoxy) is 1. The number of aliphatic carboxylic acids is 1. The molecule has 0 bridgehead atoms. The van der Waals surface area contributed by atoms with E-state index in [0.717, 1.165) is 35.2 Å². The quantitative estimate of drug-likeness (QED) is 0.277. The summed E-state index contributed by atoms with van der Waals surface area (Å²) >= 11 is 0. The number of nitrogens with zero attached hydrogens (tertiary/aromatic N) is 2. The van der Waals surface area contributed by atoms with Crippen LogP contribution in [-0.4, -0.2) is 58.4 Å². The van der Waals surface area contributed by atoms with Crippen LogP contribution in [0.5, 0.6) is 5.75 Å². The number of methoxy groups -OCH3 is 1. The number of anilines is 2. The molecule has 0 radical (unpaired) electrons. The number of benzene rings is 1. The number of carbonyl (C=O) groups excluding carboxylic acids is 1. The molecule has 1 aromatic heterocycles. The van der Waals surface area contributed by atoms with Gasteiger partial charge < -0.3 is 31.3 Å². The van der Waals surface area contributed by atoms with Crippen LogP contribution in [-0.2, 0) is 22.4 Å². The van der Waals surface area contributed by atoms with Gasteiger partial charge in [-0.15, -0.1) is 0 Å². The molecule has 0 aliphatic rings. The van der Waals surface area contributed by atoms with Crippen LogP contribution in [0.2, 0.25) is 0 Å². The third-order valence-corrected chi connectivity index (χ3v) is 5.48. The molecule has 10 nitrogen and oxygen atoms in total. The van der Waals surface area contributed by atoms with Gasteiger partial charge in [0.1, 0.15) is 18.1 Å². The number of nitrogen functional groups attached to an aromatic ring is 1. The summed E-state index contributed by atoms with van der Waals surface area (Å²) in [7, 11) is 1.59. The van der Waals surface area contributed by atoms with Gasteiger partial charge in [-0.1, -0.05) is 25.5 Å². The molecule has 2 aromatic rings. The van der Waals surface area contributed by atoms with E-state index in [1.54, 1.807) is 7.11 Å². The number of hydrogen-bond donors (Lipinski definition) is 5. The predicted octanol–water partition coefficient (Wildman–Crippen LogP) is 2.06. The van der Waals surface area contributed by atoms with Gasteiger partial charge in [-0.3, -0.25) is 9.59 Å². The maximum Gasteiger partial charge on any atom is 0.322 e. The van der Waals surface area contributed by atoms with Crippen molar-refractivity contribution in [2.75, 3.05) is 31.3 Å². The highest BCUT2D eigenvalue weighted by molar-refractivity contribution is 5.81. The fourth-order valence-electron chi connectivity index (χ4n) is 3.74. The highest BCUT2D eigenvalue weighted by Gasteiger charge is 2.17. The number of amides is 1. The van der Waals surface area contributed by atoms with Crippen LogP contribution in [0.15, 0.2) is 18.2 Å². The monoisotopic (exact) mass is 473 g/mol. The van der Waals surface area contributed by atoms with E-state index >= 15 is 0 Å². The van der Waals surface area contributed by atoms with Crippen LogP contribution in [0, 0.1) is 6.92 Å². The molecule has 0 saturated carbocycles. The summed E-state index contributed by atoms with van der Waals surface area (Å²) in [5, 5.41) is 23.9. The molecule has 2 rings (SSSR count). The SMILES string of the molecule is CCC[C@@H](CCO)Nc1nc(N)nc(C)c1Cc1ccc(CCC(=O)NCC(=O)O)cc1OC. The molecule has 0 unspecified atom stereocenters. The Bertz CT molecular complexity index is 976. The number of carbonyl (C=O) groups is 2. The van der Waals surface area contributed by atoms with E-state index in [0.29, 0.717) is 30.8 Å². The standard InChI is InChI=1S/C24H35N5O5/c1-4-5-18(10-11-30)28-23-19(15(2)27-24(25)29-23)13-17-8-6-16(12-20(17)34-3)7-9-21(31)26-14-22(32)33/h6,8,12,18,30H,4-5,7,9-11,13-14H2,1-3H3,(H,26,31)(H,32,33)(H3,25,27,28,29)/t18-/m0/s1. The lowest BCUT2D eigenvalue weighted by molar-refractivity contribution is -0.137. The van der Waals surface area contributed by atoms with E-state index in [2.05, 4.69) is 27.5 Å². The van der Waals surface area contributed by atoms with Crippen molar-refractivity contribution in [3.05, 3.63) is 40.6 Å². The van der Waals surface area contributed by atoms with E-state index < -0.39 is 12.5 Å². The van der Waals surface area contributed by atoms with E-state index in [9.17, 15) is 14.7 Å². The minimum Gasteiger partial charge on any atom is -0.496 e. The van der Waals surface area contributed by atoms with Crippen molar-refractivity contribution in [3.63, 3.8) is 0 Å². The summed E-state index contributed by atoms with van der Waals surface area (Å²) in [4.78, 5) is 31.2. The number of aliphatic hydroxyl groups excluding tert-OH is 1. The number of nitrogens with one attached hydrogen (secondary N) is 2. The van der Waals surface area contributed by atoms with Crippen molar-refractivity contribution in [1.82, 2.24) is 15.3 Å². The summed E-state index contributed by atoms with van der Waals surface area (Å²) < 4.78 is 5.61. The van der Waals surface area contributed by atoms with Gasteiger partial charge in [-0.05, 0) is 43.4 Å². The first-order chi connectivity index (χ1) is 16.3. The number of carboxylic acids is 1. The molecule has 34 heavy (non-hydrogen) atoms. The molecule has 0 saturated heterocycles. The molecule has 0 spiro atoms. The Morgan fingerprint density at radius 3 is 2.65 bits per heavy atom. The van der Waals surface area contributed by atoms with Gasteiger partial charge in [0.15, 0.2) is 0 Å². The lowest BCUT2D eigenvalue weighted by Crippen LogP contribution is -2.29. The number of aryl methyl sites for hydroxylation is 2. The van der Waals surface area contributed by atoms with Crippen LogP contribution in [0.25, 0.3) is 0 Å². The molecule has 0 fully saturated rings. The molecule has 1 heterocycles. The van der Waals surface area contributed by atoms with Gasteiger partial charge in [0.05, 0.1) is 7.11 Å².